The molecule has 3 nitrogen and oxygen atoms in total. The van der Waals surface area contributed by atoms with E-state index in [2.05, 4.69) is 26.2 Å². The second-order valence-electron chi connectivity index (χ2n) is 1.92. The Bertz CT molecular complexity index is 261. The van der Waals surface area contributed by atoms with Crippen molar-refractivity contribution in [1.29, 1.82) is 0 Å². The van der Waals surface area contributed by atoms with Gasteiger partial charge in [0, 0.05) is 0 Å². The molecule has 1 aromatic rings. The van der Waals surface area contributed by atoms with Gasteiger partial charge < -0.3 is 5.32 Å². The molecule has 0 aliphatic rings. The lowest BCUT2D eigenvalue weighted by Crippen LogP contribution is -2.18. The molecule has 0 spiro atoms. The van der Waals surface area contributed by atoms with Crippen LogP contribution in [0.5, 0.6) is 0 Å². The third-order valence-electron chi connectivity index (χ3n) is 1.05. The molecule has 0 amide bonds. The first-order valence-corrected chi connectivity index (χ1v) is 4.64. The highest BCUT2D eigenvalue weighted by Crippen LogP contribution is 2.18. The van der Waals surface area contributed by atoms with Crippen molar-refractivity contribution in [3.63, 3.8) is 0 Å². The van der Waals surface area contributed by atoms with Crippen molar-refractivity contribution in [3.05, 3.63) is 15.0 Å². The van der Waals surface area contributed by atoms with Gasteiger partial charge in [0.2, 0.25) is 5.78 Å². The van der Waals surface area contributed by atoms with Gasteiger partial charge in [-0.1, -0.05) is 0 Å². The van der Waals surface area contributed by atoms with Crippen molar-refractivity contribution in [1.82, 2.24) is 10.3 Å². The highest BCUT2D eigenvalue weighted by molar-refractivity contribution is 9.11. The standard InChI is InChI=1S/C6H7BrN2OS/c1-8-2-4(10)6-9-3-5(7)11-6/h3,8H,2H2,1H3. The maximum atomic E-state index is 11.1. The molecular formula is C6H7BrN2OS. The van der Waals surface area contributed by atoms with Gasteiger partial charge in [0.15, 0.2) is 5.01 Å². The first-order chi connectivity index (χ1) is 5.24. The van der Waals surface area contributed by atoms with Crippen LogP contribution in [0.4, 0.5) is 0 Å². The summed E-state index contributed by atoms with van der Waals surface area (Å²) in [5.41, 5.74) is 0. The summed E-state index contributed by atoms with van der Waals surface area (Å²) >= 11 is 4.59. The van der Waals surface area contributed by atoms with Crippen LogP contribution < -0.4 is 5.32 Å². The van der Waals surface area contributed by atoms with Gasteiger partial charge in [-0.15, -0.1) is 11.3 Å². The zero-order valence-electron chi connectivity index (χ0n) is 5.93. The summed E-state index contributed by atoms with van der Waals surface area (Å²) in [6, 6.07) is 0. The number of nitrogens with zero attached hydrogens (tertiary/aromatic N) is 1. The zero-order valence-corrected chi connectivity index (χ0v) is 8.33. The predicted octanol–water partition coefficient (Wildman–Crippen LogP) is 1.31. The Balaban J connectivity index is 2.69. The minimum atomic E-state index is 0.0307. The number of hydrogen-bond acceptors (Lipinski definition) is 4. The van der Waals surface area contributed by atoms with Crippen molar-refractivity contribution in [2.75, 3.05) is 13.6 Å². The van der Waals surface area contributed by atoms with E-state index < -0.39 is 0 Å². The number of likely N-dealkylation sites (N-methyl/N-ethyl adjacent to an activating group) is 1. The maximum Gasteiger partial charge on any atom is 0.205 e. The number of aromatic nitrogens is 1. The molecule has 0 saturated carbocycles. The number of Topliss-reactive ketones (excluding diaryl/α,β-unsaturated/α-hetero) is 1. The highest BCUT2D eigenvalue weighted by Gasteiger charge is 2.07. The average molecular weight is 235 g/mol. The zero-order chi connectivity index (χ0) is 8.27. The van der Waals surface area contributed by atoms with E-state index in [0.717, 1.165) is 3.79 Å². The van der Waals surface area contributed by atoms with Gasteiger partial charge in [0.05, 0.1) is 16.5 Å². The van der Waals surface area contributed by atoms with Crippen molar-refractivity contribution < 1.29 is 4.79 Å². The Kier molecular flexibility index (Phi) is 3.16. The van der Waals surface area contributed by atoms with Gasteiger partial charge in [0.25, 0.3) is 0 Å². The summed E-state index contributed by atoms with van der Waals surface area (Å²) in [5, 5.41) is 3.32. The van der Waals surface area contributed by atoms with Gasteiger partial charge in [0.1, 0.15) is 0 Å². The predicted molar refractivity (Wildman–Crippen MR) is 48.1 cm³/mol. The first kappa shape index (κ1) is 8.83. The Morgan fingerprint density at radius 3 is 3.09 bits per heavy atom. The summed E-state index contributed by atoms with van der Waals surface area (Å²) in [4.78, 5) is 15.0. The van der Waals surface area contributed by atoms with E-state index in [0.29, 0.717) is 11.6 Å². The smallest absolute Gasteiger partial charge is 0.205 e. The van der Waals surface area contributed by atoms with Gasteiger partial charge in [-0.05, 0) is 23.0 Å². The minimum Gasteiger partial charge on any atom is -0.313 e. The molecule has 1 N–H and O–H groups in total. The molecule has 1 heterocycles. The second kappa shape index (κ2) is 3.94. The van der Waals surface area contributed by atoms with Gasteiger partial charge in [-0.3, -0.25) is 4.79 Å². The number of carbonyl (C=O) groups is 1. The summed E-state index contributed by atoms with van der Waals surface area (Å²) in [5.74, 6) is 0.0307. The van der Waals surface area contributed by atoms with Crippen molar-refractivity contribution in [3.8, 4) is 0 Å². The SMILES string of the molecule is CNCC(=O)c1ncc(Br)s1. The summed E-state index contributed by atoms with van der Waals surface area (Å²) in [6.45, 7) is 0.347. The van der Waals surface area contributed by atoms with Crippen LogP contribution in [-0.4, -0.2) is 24.4 Å². The minimum absolute atomic E-state index is 0.0307. The van der Waals surface area contributed by atoms with Crippen LogP contribution >= 0.6 is 27.3 Å². The monoisotopic (exact) mass is 234 g/mol. The van der Waals surface area contributed by atoms with E-state index in [9.17, 15) is 4.79 Å². The van der Waals surface area contributed by atoms with E-state index in [1.54, 1.807) is 13.2 Å². The number of rotatable bonds is 3. The van der Waals surface area contributed by atoms with Crippen LogP contribution in [0.15, 0.2) is 9.98 Å². The van der Waals surface area contributed by atoms with Crippen LogP contribution in [0.25, 0.3) is 0 Å². The molecule has 1 aromatic heterocycles. The molecule has 0 fully saturated rings. The fourth-order valence-corrected chi connectivity index (χ4v) is 1.76. The molecule has 11 heavy (non-hydrogen) atoms. The normalized spacial score (nSPS) is 10.0. The summed E-state index contributed by atoms with van der Waals surface area (Å²) in [7, 11) is 1.74. The Hall–Kier alpha value is -0.260. The topological polar surface area (TPSA) is 42.0 Å². The molecule has 0 atom stereocenters. The van der Waals surface area contributed by atoms with Crippen LogP contribution in [0.2, 0.25) is 0 Å². The molecule has 60 valence electrons. The molecule has 0 aliphatic heterocycles. The van der Waals surface area contributed by atoms with E-state index in [1.165, 1.54) is 11.3 Å². The highest BCUT2D eigenvalue weighted by atomic mass is 79.9. The third kappa shape index (κ3) is 2.36. The Morgan fingerprint density at radius 2 is 2.64 bits per heavy atom. The lowest BCUT2D eigenvalue weighted by molar-refractivity contribution is 0.0993. The number of nitrogens with one attached hydrogen (secondary N) is 1. The lowest BCUT2D eigenvalue weighted by atomic mass is 10.4. The first-order valence-electron chi connectivity index (χ1n) is 3.03. The molecule has 0 unspecified atom stereocenters. The van der Waals surface area contributed by atoms with Crippen LogP contribution in [0.1, 0.15) is 9.80 Å². The van der Waals surface area contributed by atoms with E-state index in [1.807, 2.05) is 0 Å². The molecule has 0 radical (unpaired) electrons. The Labute approximate surface area is 77.0 Å². The quantitative estimate of drug-likeness (QED) is 0.803. The number of ketones is 1. The van der Waals surface area contributed by atoms with Crippen LogP contribution in [0.3, 0.4) is 0 Å². The maximum absolute atomic E-state index is 11.1. The van der Waals surface area contributed by atoms with Crippen molar-refractivity contribution in [2.24, 2.45) is 0 Å². The molecule has 0 saturated heterocycles. The molecule has 0 aromatic carbocycles. The summed E-state index contributed by atoms with van der Waals surface area (Å²) < 4.78 is 0.886. The van der Waals surface area contributed by atoms with Crippen molar-refractivity contribution >= 4 is 33.0 Å². The number of hydrogen-bond donors (Lipinski definition) is 1. The van der Waals surface area contributed by atoms with E-state index in [-0.39, 0.29) is 5.78 Å². The van der Waals surface area contributed by atoms with E-state index in [4.69, 9.17) is 0 Å². The fraction of sp³-hybridized carbons (Fsp3) is 0.333. The number of halogens is 1. The average Bonchev–Trinajstić information content (AvgIpc) is 2.36. The molecule has 0 bridgehead atoms. The third-order valence-corrected chi connectivity index (χ3v) is 2.57. The van der Waals surface area contributed by atoms with Crippen LogP contribution in [0, 0.1) is 0 Å². The summed E-state index contributed by atoms with van der Waals surface area (Å²) in [6.07, 6.45) is 1.63. The largest absolute Gasteiger partial charge is 0.313 e. The van der Waals surface area contributed by atoms with Gasteiger partial charge in [-0.2, -0.15) is 0 Å². The molecule has 0 aliphatic carbocycles. The number of carbonyl (C=O) groups excluding carboxylic acids is 1. The van der Waals surface area contributed by atoms with Gasteiger partial charge in [-0.25, -0.2) is 4.98 Å². The molecular weight excluding hydrogens is 228 g/mol. The molecule has 1 rings (SSSR count). The van der Waals surface area contributed by atoms with Crippen LogP contribution in [-0.2, 0) is 0 Å². The molecule has 5 heteroatoms. The van der Waals surface area contributed by atoms with Crippen molar-refractivity contribution in [2.45, 2.75) is 0 Å². The number of thiazole rings is 1. The van der Waals surface area contributed by atoms with Gasteiger partial charge >= 0.3 is 0 Å². The fourth-order valence-electron chi connectivity index (χ4n) is 0.620. The Morgan fingerprint density at radius 1 is 1.91 bits per heavy atom. The lowest BCUT2D eigenvalue weighted by Gasteiger charge is -1.91. The van der Waals surface area contributed by atoms with E-state index >= 15 is 0 Å². The second-order valence-corrected chi connectivity index (χ2v) is 4.33.